The van der Waals surface area contributed by atoms with Crippen molar-refractivity contribution < 1.29 is 9.84 Å². The third-order valence-electron chi connectivity index (χ3n) is 4.61. The molecule has 0 radical (unpaired) electrons. The molecule has 1 N–H and O–H groups in total. The molecule has 2 heterocycles. The number of aromatic nitrogens is 1. The average molecular weight is 341 g/mol. The van der Waals surface area contributed by atoms with E-state index in [-0.39, 0.29) is 0 Å². The molecule has 2 aromatic rings. The van der Waals surface area contributed by atoms with Gasteiger partial charge in [-0.1, -0.05) is 18.2 Å². The summed E-state index contributed by atoms with van der Waals surface area (Å²) in [6.07, 6.45) is 3.22. The van der Waals surface area contributed by atoms with Crippen molar-refractivity contribution in [2.24, 2.45) is 0 Å². The standard InChI is InChI=1S/C20H27N3O2/c1-17-4-2-3-5-20(17)25-16-19(24)15-23-12-10-22(11-13-23)14-18-6-8-21-9-7-18/h2-9,19,24H,10-16H2,1H3. The van der Waals surface area contributed by atoms with Crippen molar-refractivity contribution in [2.75, 3.05) is 39.3 Å². The summed E-state index contributed by atoms with van der Waals surface area (Å²) >= 11 is 0. The normalized spacial score (nSPS) is 17.4. The third kappa shape index (κ3) is 5.53. The molecule has 3 rings (SSSR count). The van der Waals surface area contributed by atoms with Crippen LogP contribution in [0.3, 0.4) is 0 Å². The van der Waals surface area contributed by atoms with Crippen molar-refractivity contribution in [2.45, 2.75) is 19.6 Å². The molecule has 1 aliphatic rings. The SMILES string of the molecule is Cc1ccccc1OCC(O)CN1CCN(Cc2ccncc2)CC1. The van der Waals surface area contributed by atoms with Crippen molar-refractivity contribution in [3.05, 3.63) is 59.9 Å². The predicted molar refractivity (Wildman–Crippen MR) is 98.6 cm³/mol. The van der Waals surface area contributed by atoms with Crippen LogP contribution in [0, 0.1) is 6.92 Å². The topological polar surface area (TPSA) is 48.8 Å². The van der Waals surface area contributed by atoms with Crippen LogP contribution in [-0.2, 0) is 6.54 Å². The van der Waals surface area contributed by atoms with E-state index in [1.54, 1.807) is 0 Å². The Kier molecular flexibility index (Phi) is 6.39. The molecule has 0 aliphatic carbocycles. The Hall–Kier alpha value is -1.95. The number of hydrogen-bond acceptors (Lipinski definition) is 5. The second-order valence-corrected chi connectivity index (χ2v) is 6.66. The number of aliphatic hydroxyl groups excluding tert-OH is 1. The third-order valence-corrected chi connectivity index (χ3v) is 4.61. The summed E-state index contributed by atoms with van der Waals surface area (Å²) in [5.74, 6) is 0.851. The maximum absolute atomic E-state index is 10.3. The maximum atomic E-state index is 10.3. The Bertz CT molecular complexity index is 642. The first-order valence-corrected chi connectivity index (χ1v) is 8.91. The number of aliphatic hydroxyl groups is 1. The van der Waals surface area contributed by atoms with Gasteiger partial charge >= 0.3 is 0 Å². The minimum atomic E-state index is -0.466. The maximum Gasteiger partial charge on any atom is 0.122 e. The highest BCUT2D eigenvalue weighted by Gasteiger charge is 2.19. The van der Waals surface area contributed by atoms with Crippen LogP contribution >= 0.6 is 0 Å². The zero-order valence-corrected chi connectivity index (χ0v) is 14.8. The molecular weight excluding hydrogens is 314 g/mol. The number of ether oxygens (including phenoxy) is 1. The van der Waals surface area contributed by atoms with Crippen molar-refractivity contribution in [1.29, 1.82) is 0 Å². The van der Waals surface area contributed by atoms with Crippen molar-refractivity contribution in [1.82, 2.24) is 14.8 Å². The number of β-amino-alcohol motifs (C(OH)–C–C–N with tert-alkyl or cyclic N) is 1. The fraction of sp³-hybridized carbons (Fsp3) is 0.450. The quantitative estimate of drug-likeness (QED) is 0.834. The molecular formula is C20H27N3O2. The molecule has 1 aromatic carbocycles. The second-order valence-electron chi connectivity index (χ2n) is 6.66. The van der Waals surface area contributed by atoms with Crippen LogP contribution in [0.4, 0.5) is 0 Å². The van der Waals surface area contributed by atoms with Crippen LogP contribution in [0.2, 0.25) is 0 Å². The van der Waals surface area contributed by atoms with Gasteiger partial charge in [-0.25, -0.2) is 0 Å². The van der Waals surface area contributed by atoms with Gasteiger partial charge in [-0.15, -0.1) is 0 Å². The van der Waals surface area contributed by atoms with Crippen LogP contribution in [0.1, 0.15) is 11.1 Å². The minimum absolute atomic E-state index is 0.335. The minimum Gasteiger partial charge on any atom is -0.491 e. The highest BCUT2D eigenvalue weighted by Crippen LogP contribution is 2.16. The lowest BCUT2D eigenvalue weighted by Crippen LogP contribution is -2.48. The van der Waals surface area contributed by atoms with Gasteiger partial charge in [-0.05, 0) is 36.2 Å². The smallest absolute Gasteiger partial charge is 0.122 e. The van der Waals surface area contributed by atoms with Gasteiger partial charge < -0.3 is 9.84 Å². The van der Waals surface area contributed by atoms with E-state index in [0.29, 0.717) is 13.2 Å². The summed E-state index contributed by atoms with van der Waals surface area (Å²) < 4.78 is 5.75. The van der Waals surface area contributed by atoms with Gasteiger partial charge in [0.15, 0.2) is 0 Å². The molecule has 1 aliphatic heterocycles. The van der Waals surface area contributed by atoms with Gasteiger partial charge in [0.2, 0.25) is 0 Å². The number of aryl methyl sites for hydroxylation is 1. The Morgan fingerprint density at radius 2 is 1.72 bits per heavy atom. The lowest BCUT2D eigenvalue weighted by atomic mass is 10.2. The highest BCUT2D eigenvalue weighted by molar-refractivity contribution is 5.31. The van der Waals surface area contributed by atoms with Gasteiger partial charge in [0.05, 0.1) is 0 Å². The number of nitrogens with zero attached hydrogens (tertiary/aromatic N) is 3. The Labute approximate surface area is 149 Å². The lowest BCUT2D eigenvalue weighted by Gasteiger charge is -2.35. The summed E-state index contributed by atoms with van der Waals surface area (Å²) in [5.41, 5.74) is 2.40. The van der Waals surface area contributed by atoms with Gasteiger partial charge in [0.25, 0.3) is 0 Å². The van der Waals surface area contributed by atoms with Crippen LogP contribution in [0.5, 0.6) is 5.75 Å². The van der Waals surface area contributed by atoms with E-state index in [0.717, 1.165) is 44.0 Å². The molecule has 1 unspecified atom stereocenters. The number of piperazine rings is 1. The van der Waals surface area contributed by atoms with Crippen molar-refractivity contribution >= 4 is 0 Å². The highest BCUT2D eigenvalue weighted by atomic mass is 16.5. The second kappa shape index (κ2) is 8.94. The summed E-state index contributed by atoms with van der Waals surface area (Å²) in [7, 11) is 0. The summed E-state index contributed by atoms with van der Waals surface area (Å²) in [6.45, 7) is 7.98. The Morgan fingerprint density at radius 3 is 2.44 bits per heavy atom. The molecule has 0 bridgehead atoms. The van der Waals surface area contributed by atoms with Gasteiger partial charge in [0, 0.05) is 51.7 Å². The van der Waals surface area contributed by atoms with Crippen LogP contribution in [-0.4, -0.2) is 65.3 Å². The lowest BCUT2D eigenvalue weighted by molar-refractivity contribution is 0.0445. The fourth-order valence-corrected chi connectivity index (χ4v) is 3.13. The van der Waals surface area contributed by atoms with E-state index in [4.69, 9.17) is 4.74 Å². The Balaban J connectivity index is 1.37. The first-order valence-electron chi connectivity index (χ1n) is 8.91. The number of rotatable bonds is 7. The molecule has 0 saturated carbocycles. The number of hydrogen-bond donors (Lipinski definition) is 1. The molecule has 1 saturated heterocycles. The van der Waals surface area contributed by atoms with Gasteiger partial charge in [-0.3, -0.25) is 14.8 Å². The molecule has 134 valence electrons. The zero-order valence-electron chi connectivity index (χ0n) is 14.8. The average Bonchev–Trinajstić information content (AvgIpc) is 2.64. The van der Waals surface area contributed by atoms with E-state index in [1.165, 1.54) is 5.56 Å². The van der Waals surface area contributed by atoms with E-state index in [2.05, 4.69) is 26.9 Å². The molecule has 0 amide bonds. The summed E-state index contributed by atoms with van der Waals surface area (Å²) in [4.78, 5) is 8.82. The van der Waals surface area contributed by atoms with Gasteiger partial charge in [-0.2, -0.15) is 0 Å². The molecule has 5 heteroatoms. The van der Waals surface area contributed by atoms with Crippen LogP contribution in [0.15, 0.2) is 48.8 Å². The number of benzene rings is 1. The molecule has 1 atom stereocenters. The number of para-hydroxylation sites is 1. The molecule has 5 nitrogen and oxygen atoms in total. The first-order chi connectivity index (χ1) is 12.2. The zero-order chi connectivity index (χ0) is 17.5. The first kappa shape index (κ1) is 17.9. The van der Waals surface area contributed by atoms with E-state index in [9.17, 15) is 5.11 Å². The molecule has 25 heavy (non-hydrogen) atoms. The molecule has 1 aromatic heterocycles. The summed E-state index contributed by atoms with van der Waals surface area (Å²) in [6, 6.07) is 12.0. The van der Waals surface area contributed by atoms with E-state index < -0.39 is 6.10 Å². The Morgan fingerprint density at radius 1 is 1.04 bits per heavy atom. The monoisotopic (exact) mass is 341 g/mol. The van der Waals surface area contributed by atoms with Crippen LogP contribution in [0.25, 0.3) is 0 Å². The summed E-state index contributed by atoms with van der Waals surface area (Å²) in [5, 5.41) is 10.3. The number of pyridine rings is 1. The molecule has 0 spiro atoms. The van der Waals surface area contributed by atoms with E-state index in [1.807, 2.05) is 43.6 Å². The van der Waals surface area contributed by atoms with Crippen molar-refractivity contribution in [3.8, 4) is 5.75 Å². The van der Waals surface area contributed by atoms with Crippen molar-refractivity contribution in [3.63, 3.8) is 0 Å². The molecule has 1 fully saturated rings. The largest absolute Gasteiger partial charge is 0.491 e. The van der Waals surface area contributed by atoms with E-state index >= 15 is 0 Å². The van der Waals surface area contributed by atoms with Crippen LogP contribution < -0.4 is 4.74 Å². The predicted octanol–water partition coefficient (Wildman–Crippen LogP) is 1.95. The fourth-order valence-electron chi connectivity index (χ4n) is 3.13. The van der Waals surface area contributed by atoms with Gasteiger partial charge in [0.1, 0.15) is 18.5 Å².